The van der Waals surface area contributed by atoms with E-state index in [-0.39, 0.29) is 12.1 Å². The van der Waals surface area contributed by atoms with Gasteiger partial charge in [-0.15, -0.1) is 0 Å². The van der Waals surface area contributed by atoms with E-state index in [2.05, 4.69) is 0 Å². The van der Waals surface area contributed by atoms with Crippen molar-refractivity contribution in [3.63, 3.8) is 0 Å². The Morgan fingerprint density at radius 3 is 1.73 bits per heavy atom. The van der Waals surface area contributed by atoms with Crippen molar-refractivity contribution >= 4 is 0 Å². The Morgan fingerprint density at radius 1 is 1.00 bits per heavy atom. The van der Waals surface area contributed by atoms with Crippen LogP contribution in [-0.2, 0) is 0 Å². The highest BCUT2D eigenvalue weighted by molar-refractivity contribution is 5.22. The quantitative estimate of drug-likeness (QED) is 0.580. The van der Waals surface area contributed by atoms with Gasteiger partial charge in [-0.25, -0.2) is 13.2 Å². The topological polar surface area (TPSA) is 20.2 Å². The normalized spacial score (nSPS) is 14.1. The van der Waals surface area contributed by atoms with Crippen molar-refractivity contribution in [1.82, 2.24) is 0 Å². The van der Waals surface area contributed by atoms with E-state index in [1.165, 1.54) is 0 Å². The van der Waals surface area contributed by atoms with E-state index in [4.69, 9.17) is 5.11 Å². The van der Waals surface area contributed by atoms with Crippen LogP contribution in [0.1, 0.15) is 11.7 Å². The summed E-state index contributed by atoms with van der Waals surface area (Å²) in [5.74, 6) is -5.45. The van der Waals surface area contributed by atoms with Gasteiger partial charge in [-0.05, 0) is 17.7 Å². The predicted octanol–water partition coefficient (Wildman–Crippen LogP) is 2.70. The second kappa shape index (κ2) is 3.73. The van der Waals surface area contributed by atoms with Crippen LogP contribution < -0.4 is 0 Å². The number of aliphatic hydroxyl groups excluding tert-OH is 1. The molecule has 0 aromatic heterocycles. The molecule has 7 heteroatoms. The molecule has 1 aromatic rings. The van der Waals surface area contributed by atoms with Gasteiger partial charge in [0.05, 0.1) is 0 Å². The molecule has 15 heavy (non-hydrogen) atoms. The first-order chi connectivity index (χ1) is 6.73. The van der Waals surface area contributed by atoms with Crippen LogP contribution in [-0.4, -0.2) is 11.3 Å². The van der Waals surface area contributed by atoms with E-state index in [1.54, 1.807) is 0 Å². The molecule has 0 aliphatic carbocycles. The molecule has 1 unspecified atom stereocenters. The van der Waals surface area contributed by atoms with Crippen LogP contribution in [0.2, 0.25) is 0 Å². The van der Waals surface area contributed by atoms with Gasteiger partial charge in [0.15, 0.2) is 23.6 Å². The Kier molecular flexibility index (Phi) is 2.94. The Morgan fingerprint density at radius 2 is 1.40 bits per heavy atom. The highest BCUT2D eigenvalue weighted by Gasteiger charge is 2.40. The van der Waals surface area contributed by atoms with Gasteiger partial charge in [0, 0.05) is 0 Å². The van der Waals surface area contributed by atoms with E-state index < -0.39 is 35.3 Å². The smallest absolute Gasteiger partial charge is 0.379 e. The Labute approximate surface area is 79.9 Å². The van der Waals surface area contributed by atoms with Crippen molar-refractivity contribution in [1.29, 1.82) is 0 Å². The van der Waals surface area contributed by atoms with Crippen molar-refractivity contribution in [2.75, 3.05) is 0 Å². The summed E-state index contributed by atoms with van der Waals surface area (Å²) in [5.41, 5.74) is -1.08. The lowest BCUT2D eigenvalue weighted by Gasteiger charge is -2.14. The Bertz CT molecular complexity index is 349. The summed E-state index contributed by atoms with van der Waals surface area (Å²) in [5, 5.41) is 8.62. The molecule has 0 aliphatic heterocycles. The molecule has 0 amide bonds. The zero-order chi connectivity index (χ0) is 11.8. The first-order valence-corrected chi connectivity index (χ1v) is 3.62. The summed E-state index contributed by atoms with van der Waals surface area (Å²) < 4.78 is 73.1. The molecule has 0 aliphatic rings. The van der Waals surface area contributed by atoms with Crippen LogP contribution in [0.25, 0.3) is 0 Å². The number of benzene rings is 1. The summed E-state index contributed by atoms with van der Waals surface area (Å²) in [6, 6.07) is 0.188. The van der Waals surface area contributed by atoms with Crippen molar-refractivity contribution in [2.24, 2.45) is 0 Å². The standard InChI is InChI=1S/C8H4F6O/c9-4-1-3(2-5(10)6(4)11)7(15)8(12,13)14/h1-2,7,15H. The number of rotatable bonds is 1. The minimum atomic E-state index is -5.06. The van der Waals surface area contributed by atoms with Crippen LogP contribution >= 0.6 is 0 Å². The second-order valence-corrected chi connectivity index (χ2v) is 2.74. The average Bonchev–Trinajstić information content (AvgIpc) is 2.10. The van der Waals surface area contributed by atoms with Gasteiger partial charge in [-0.3, -0.25) is 0 Å². The first-order valence-electron chi connectivity index (χ1n) is 3.62. The molecule has 0 fully saturated rings. The summed E-state index contributed by atoms with van der Waals surface area (Å²) in [7, 11) is 0. The van der Waals surface area contributed by atoms with E-state index in [0.29, 0.717) is 0 Å². The van der Waals surface area contributed by atoms with E-state index in [1.807, 2.05) is 0 Å². The third-order valence-electron chi connectivity index (χ3n) is 1.63. The minimum Gasteiger partial charge on any atom is -0.379 e. The molecule has 1 aromatic carbocycles. The SMILES string of the molecule is OC(c1cc(F)c(F)c(F)c1)C(F)(F)F. The van der Waals surface area contributed by atoms with Gasteiger partial charge in [-0.2, -0.15) is 13.2 Å². The lowest BCUT2D eigenvalue weighted by atomic mass is 10.1. The number of alkyl halides is 3. The second-order valence-electron chi connectivity index (χ2n) is 2.74. The van der Waals surface area contributed by atoms with Crippen LogP contribution in [0.15, 0.2) is 12.1 Å². The van der Waals surface area contributed by atoms with Crippen molar-refractivity contribution in [3.05, 3.63) is 35.1 Å². The molecule has 1 N–H and O–H groups in total. The van der Waals surface area contributed by atoms with Gasteiger partial charge in [0.25, 0.3) is 0 Å². The van der Waals surface area contributed by atoms with Gasteiger partial charge in [-0.1, -0.05) is 0 Å². The monoisotopic (exact) mass is 230 g/mol. The molecule has 0 spiro atoms. The van der Waals surface area contributed by atoms with Crippen LogP contribution in [0.3, 0.4) is 0 Å². The number of halogens is 6. The molecule has 0 radical (unpaired) electrons. The molecule has 0 saturated heterocycles. The summed E-state index contributed by atoms with van der Waals surface area (Å²) >= 11 is 0. The highest BCUT2D eigenvalue weighted by atomic mass is 19.4. The van der Waals surface area contributed by atoms with E-state index in [0.717, 1.165) is 0 Å². The molecule has 0 heterocycles. The van der Waals surface area contributed by atoms with Gasteiger partial charge >= 0.3 is 6.18 Å². The maximum Gasteiger partial charge on any atom is 0.418 e. The van der Waals surface area contributed by atoms with E-state index in [9.17, 15) is 26.3 Å². The fraction of sp³-hybridized carbons (Fsp3) is 0.250. The lowest BCUT2D eigenvalue weighted by Crippen LogP contribution is -2.20. The molecule has 84 valence electrons. The Balaban J connectivity index is 3.17. The van der Waals surface area contributed by atoms with E-state index >= 15 is 0 Å². The summed E-state index contributed by atoms with van der Waals surface area (Å²) in [4.78, 5) is 0. The van der Waals surface area contributed by atoms with Gasteiger partial charge in [0.2, 0.25) is 0 Å². The maximum absolute atomic E-state index is 12.5. The fourth-order valence-electron chi connectivity index (χ4n) is 0.922. The van der Waals surface area contributed by atoms with Crippen LogP contribution in [0, 0.1) is 17.5 Å². The predicted molar refractivity (Wildman–Crippen MR) is 37.3 cm³/mol. The third kappa shape index (κ3) is 2.41. The molecular formula is C8H4F6O. The minimum absolute atomic E-state index is 0.0938. The molecule has 1 nitrogen and oxygen atoms in total. The number of aliphatic hydroxyl groups is 1. The molecule has 0 bridgehead atoms. The molecule has 0 saturated carbocycles. The Hall–Kier alpha value is -1.24. The third-order valence-corrected chi connectivity index (χ3v) is 1.63. The highest BCUT2D eigenvalue weighted by Crippen LogP contribution is 2.33. The zero-order valence-corrected chi connectivity index (χ0v) is 6.95. The van der Waals surface area contributed by atoms with Crippen LogP contribution in [0.5, 0.6) is 0 Å². The maximum atomic E-state index is 12.5. The number of hydrogen-bond donors (Lipinski definition) is 1. The number of hydrogen-bond acceptors (Lipinski definition) is 1. The largest absolute Gasteiger partial charge is 0.418 e. The zero-order valence-electron chi connectivity index (χ0n) is 6.95. The average molecular weight is 230 g/mol. The van der Waals surface area contributed by atoms with Crippen molar-refractivity contribution in [2.45, 2.75) is 12.3 Å². The van der Waals surface area contributed by atoms with Crippen LogP contribution in [0.4, 0.5) is 26.3 Å². The fourth-order valence-corrected chi connectivity index (χ4v) is 0.922. The van der Waals surface area contributed by atoms with Gasteiger partial charge in [0.1, 0.15) is 0 Å². The summed E-state index contributed by atoms with van der Waals surface area (Å²) in [6.45, 7) is 0. The lowest BCUT2D eigenvalue weighted by molar-refractivity contribution is -0.206. The molecule has 1 atom stereocenters. The first kappa shape index (κ1) is 11.8. The van der Waals surface area contributed by atoms with Crippen molar-refractivity contribution < 1.29 is 31.4 Å². The molecule has 1 rings (SSSR count). The van der Waals surface area contributed by atoms with Gasteiger partial charge < -0.3 is 5.11 Å². The van der Waals surface area contributed by atoms with Crippen molar-refractivity contribution in [3.8, 4) is 0 Å². The summed E-state index contributed by atoms with van der Waals surface area (Å²) in [6.07, 6.45) is -8.10. The molecular weight excluding hydrogens is 226 g/mol.